The minimum Gasteiger partial charge on any atom is -0.502 e. The summed E-state index contributed by atoms with van der Waals surface area (Å²) < 4.78 is 33.5. The molecule has 0 bridgehead atoms. The Hall–Kier alpha value is -2.24. The van der Waals surface area contributed by atoms with Crippen molar-refractivity contribution in [3.05, 3.63) is 41.0 Å². The number of esters is 1. The molecule has 2 aromatic rings. The second kappa shape index (κ2) is 12.0. The first kappa shape index (κ1) is 29.8. The van der Waals surface area contributed by atoms with Crippen molar-refractivity contribution in [3.63, 3.8) is 0 Å². The molecule has 3 aliphatic heterocycles. The third-order valence-electron chi connectivity index (χ3n) is 8.11. The standard InChI is InChI=1S/C27H30O12S3/c1-34-16-3-10(4-17(35-2)21(16)29)19-11-5-14-15(38-9-37-14)6-12(11)25(13-8-36-26(33)20(13)19)40-42-41-27-24(32)23(31)22(30)18(7-28)39-27/h3-6,13,18-20,22-25,27-32H,7-9H2,1-2H3/t13-,18+,19+,20-,22+,23-,24+,25+,27-/m0/s1. The highest BCUT2D eigenvalue weighted by Crippen LogP contribution is 2.62. The summed E-state index contributed by atoms with van der Waals surface area (Å²) in [7, 11) is 6.78. The first-order valence-corrected chi connectivity index (χ1v) is 16.7. The van der Waals surface area contributed by atoms with Gasteiger partial charge in [0.1, 0.15) is 29.9 Å². The lowest BCUT2D eigenvalue weighted by Crippen LogP contribution is -2.57. The maximum absolute atomic E-state index is 13.3. The van der Waals surface area contributed by atoms with Crippen LogP contribution in [0.1, 0.15) is 27.9 Å². The Kier molecular flexibility index (Phi) is 8.54. The Bertz CT molecular complexity index is 1320. The predicted molar refractivity (Wildman–Crippen MR) is 153 cm³/mol. The Morgan fingerprint density at radius 3 is 2.21 bits per heavy atom. The Labute approximate surface area is 252 Å². The first-order chi connectivity index (χ1) is 20.3. The predicted octanol–water partition coefficient (Wildman–Crippen LogP) is 1.94. The van der Waals surface area contributed by atoms with Gasteiger partial charge in [0.25, 0.3) is 0 Å². The number of phenolic OH excluding ortho intramolecular Hbond substituents is 1. The fourth-order valence-corrected chi connectivity index (χ4v) is 11.1. The zero-order chi connectivity index (χ0) is 29.7. The van der Waals surface area contributed by atoms with Crippen LogP contribution in [0.25, 0.3) is 0 Å². The van der Waals surface area contributed by atoms with E-state index in [1.807, 2.05) is 12.1 Å². The van der Waals surface area contributed by atoms with Gasteiger partial charge >= 0.3 is 5.97 Å². The average Bonchev–Trinajstić information content (AvgIpc) is 3.62. The summed E-state index contributed by atoms with van der Waals surface area (Å²) in [6.45, 7) is -0.262. The van der Waals surface area contributed by atoms with Gasteiger partial charge in [0.2, 0.25) is 12.5 Å². The number of ether oxygens (including phenoxy) is 6. The summed E-state index contributed by atoms with van der Waals surface area (Å²) >= 11 is 0. The average molecular weight is 643 g/mol. The number of hydrogen-bond acceptors (Lipinski definition) is 15. The lowest BCUT2D eigenvalue weighted by Gasteiger charge is -2.40. The fourth-order valence-electron chi connectivity index (χ4n) is 5.98. The number of phenols is 1. The summed E-state index contributed by atoms with van der Waals surface area (Å²) in [5.74, 6) is -0.264. The monoisotopic (exact) mass is 642 g/mol. The number of fused-ring (bicyclic) bond motifs is 3. The van der Waals surface area contributed by atoms with Crippen molar-refractivity contribution in [3.8, 4) is 28.7 Å². The van der Waals surface area contributed by atoms with Gasteiger partial charge in [-0.25, -0.2) is 0 Å². The maximum atomic E-state index is 13.3. The topological polar surface area (TPSA) is 174 Å². The van der Waals surface area contributed by atoms with Crippen LogP contribution in [0.4, 0.5) is 0 Å². The normalized spacial score (nSPS) is 33.1. The largest absolute Gasteiger partial charge is 0.502 e. The van der Waals surface area contributed by atoms with Crippen LogP contribution in [0.15, 0.2) is 24.3 Å². The molecule has 15 heteroatoms. The van der Waals surface area contributed by atoms with Crippen LogP contribution in [0.3, 0.4) is 0 Å². The van der Waals surface area contributed by atoms with E-state index in [-0.39, 0.29) is 47.8 Å². The number of carbonyl (C=O) groups excluding carboxylic acids is 1. The van der Waals surface area contributed by atoms with E-state index in [4.69, 9.17) is 28.4 Å². The second-order valence-corrected chi connectivity index (χ2v) is 14.6. The van der Waals surface area contributed by atoms with Crippen LogP contribution in [-0.2, 0) is 14.3 Å². The highest BCUT2D eigenvalue weighted by Gasteiger charge is 2.53. The van der Waals surface area contributed by atoms with Crippen LogP contribution < -0.4 is 18.9 Å². The van der Waals surface area contributed by atoms with Gasteiger partial charge in [-0.2, -0.15) is 0 Å². The molecule has 2 fully saturated rings. The summed E-state index contributed by atoms with van der Waals surface area (Å²) in [5, 5.41) is 50.6. The number of carbonyl (C=O) groups is 1. The van der Waals surface area contributed by atoms with Crippen molar-refractivity contribution in [2.45, 2.75) is 41.0 Å². The Balaban J connectivity index is 1.35. The number of rotatable bonds is 8. The lowest BCUT2D eigenvalue weighted by atomic mass is 9.67. The van der Waals surface area contributed by atoms with Gasteiger partial charge in [0.15, 0.2) is 23.0 Å². The number of cyclic esters (lactones) is 1. The summed E-state index contributed by atoms with van der Waals surface area (Å²) in [5.41, 5.74) is 1.51. The molecule has 2 saturated heterocycles. The molecule has 1 aliphatic carbocycles. The molecule has 0 saturated carbocycles. The molecule has 0 spiro atoms. The SMILES string of the molecule is COc1cc([C@@H]2c3cc4c(cc3[C@@H](SSS[C@@H]3O[C@H](CO)[C@@H](O)[C@H](O)[C@H]3O)[C@H]3COC(=O)[C@H]23)OCO4)cc(OC)c1O. The molecule has 0 amide bonds. The van der Waals surface area contributed by atoms with E-state index < -0.39 is 48.3 Å². The van der Waals surface area contributed by atoms with E-state index in [9.17, 15) is 30.3 Å². The van der Waals surface area contributed by atoms with Crippen LogP contribution in [0, 0.1) is 11.8 Å². The van der Waals surface area contributed by atoms with Crippen molar-refractivity contribution in [1.29, 1.82) is 0 Å². The molecule has 2 aromatic carbocycles. The number of aliphatic hydroxyl groups excluding tert-OH is 4. The summed E-state index contributed by atoms with van der Waals surface area (Å²) in [6.07, 6.45) is -5.29. The molecule has 228 valence electrons. The van der Waals surface area contributed by atoms with E-state index in [1.165, 1.54) is 34.8 Å². The fraction of sp³-hybridized carbons (Fsp3) is 0.519. The van der Waals surface area contributed by atoms with Crippen molar-refractivity contribution in [2.24, 2.45) is 11.8 Å². The molecule has 0 radical (unpaired) electrons. The van der Waals surface area contributed by atoms with Crippen LogP contribution in [-0.4, -0.2) is 95.6 Å². The summed E-state index contributed by atoms with van der Waals surface area (Å²) in [4.78, 5) is 13.3. The lowest BCUT2D eigenvalue weighted by molar-refractivity contribution is -0.205. The van der Waals surface area contributed by atoms with Gasteiger partial charge in [-0.1, -0.05) is 10.8 Å². The zero-order valence-corrected chi connectivity index (χ0v) is 24.9. The second-order valence-electron chi connectivity index (χ2n) is 10.3. The molecular formula is C27H30O12S3. The molecular weight excluding hydrogens is 612 g/mol. The zero-order valence-electron chi connectivity index (χ0n) is 22.4. The van der Waals surface area contributed by atoms with E-state index in [2.05, 4.69) is 0 Å². The molecule has 0 unspecified atom stereocenters. The third-order valence-corrected chi connectivity index (χ3v) is 12.7. The van der Waals surface area contributed by atoms with Gasteiger partial charge in [-0.05, 0) is 61.6 Å². The van der Waals surface area contributed by atoms with Crippen molar-refractivity contribution >= 4 is 37.4 Å². The maximum Gasteiger partial charge on any atom is 0.310 e. The van der Waals surface area contributed by atoms with Gasteiger partial charge in [-0.15, -0.1) is 0 Å². The van der Waals surface area contributed by atoms with Crippen LogP contribution in [0.2, 0.25) is 0 Å². The molecule has 0 aromatic heterocycles. The van der Waals surface area contributed by atoms with Crippen molar-refractivity contribution in [2.75, 3.05) is 34.2 Å². The van der Waals surface area contributed by atoms with E-state index in [0.29, 0.717) is 17.1 Å². The number of hydrogen-bond donors (Lipinski definition) is 5. The van der Waals surface area contributed by atoms with Crippen LogP contribution in [0.5, 0.6) is 28.7 Å². The van der Waals surface area contributed by atoms with Gasteiger partial charge in [-0.3, -0.25) is 4.79 Å². The Morgan fingerprint density at radius 1 is 0.905 bits per heavy atom. The Morgan fingerprint density at radius 2 is 1.57 bits per heavy atom. The molecule has 4 aliphatic rings. The molecule has 6 rings (SSSR count). The van der Waals surface area contributed by atoms with E-state index in [0.717, 1.165) is 21.9 Å². The summed E-state index contributed by atoms with van der Waals surface area (Å²) in [6, 6.07) is 7.17. The van der Waals surface area contributed by atoms with Crippen molar-refractivity contribution < 1.29 is 58.7 Å². The molecule has 42 heavy (non-hydrogen) atoms. The minimum absolute atomic E-state index is 0.0676. The van der Waals surface area contributed by atoms with E-state index in [1.54, 1.807) is 12.1 Å². The van der Waals surface area contributed by atoms with E-state index >= 15 is 0 Å². The number of aliphatic hydroxyl groups is 4. The minimum atomic E-state index is -1.47. The molecule has 12 nitrogen and oxygen atoms in total. The first-order valence-electron chi connectivity index (χ1n) is 13.1. The highest BCUT2D eigenvalue weighted by atomic mass is 33.5. The van der Waals surface area contributed by atoms with Gasteiger partial charge in [0.05, 0.1) is 33.4 Å². The third kappa shape index (κ3) is 5.03. The van der Waals surface area contributed by atoms with Crippen molar-refractivity contribution in [1.82, 2.24) is 0 Å². The molecule has 9 atom stereocenters. The molecule has 5 N–H and O–H groups in total. The number of aromatic hydroxyl groups is 1. The number of benzene rings is 2. The van der Waals surface area contributed by atoms with Gasteiger partial charge in [0, 0.05) is 17.1 Å². The number of methoxy groups -OCH3 is 2. The smallest absolute Gasteiger partial charge is 0.310 e. The van der Waals surface area contributed by atoms with Crippen LogP contribution >= 0.6 is 31.4 Å². The highest BCUT2D eigenvalue weighted by molar-refractivity contribution is 9.09. The van der Waals surface area contributed by atoms with Gasteiger partial charge < -0.3 is 54.0 Å². The quantitative estimate of drug-likeness (QED) is 0.209. The molecule has 3 heterocycles.